The summed E-state index contributed by atoms with van der Waals surface area (Å²) in [6.07, 6.45) is 1.11. The van der Waals surface area contributed by atoms with E-state index in [-0.39, 0.29) is 4.90 Å². The molecule has 0 radical (unpaired) electrons. The first-order chi connectivity index (χ1) is 6.45. The van der Waals surface area contributed by atoms with Gasteiger partial charge in [-0.1, -0.05) is 27.1 Å². The Labute approximate surface area is 89.4 Å². The van der Waals surface area contributed by atoms with Crippen molar-refractivity contribution in [2.45, 2.75) is 4.90 Å². The molecule has 14 heavy (non-hydrogen) atoms. The zero-order valence-corrected chi connectivity index (χ0v) is 9.58. The Morgan fingerprint density at radius 3 is 2.57 bits per heavy atom. The maximum absolute atomic E-state index is 11.1. The van der Waals surface area contributed by atoms with Crippen LogP contribution in [0.25, 0.3) is 10.4 Å². The minimum absolute atomic E-state index is 0.182. The fourth-order valence-electron chi connectivity index (χ4n) is 0.848. The van der Waals surface area contributed by atoms with Crippen LogP contribution in [0.1, 0.15) is 0 Å². The Balaban J connectivity index is 3.33. The van der Waals surface area contributed by atoms with Crippen molar-refractivity contribution in [3.8, 4) is 0 Å². The van der Waals surface area contributed by atoms with Crippen LogP contribution in [-0.4, -0.2) is 14.7 Å². The van der Waals surface area contributed by atoms with E-state index in [1.54, 1.807) is 0 Å². The molecule has 0 bridgehead atoms. The topological polar surface area (TPSA) is 82.9 Å². The van der Waals surface area contributed by atoms with Crippen LogP contribution in [0, 0.1) is 0 Å². The molecule has 1 aromatic carbocycles. The van der Waals surface area contributed by atoms with Gasteiger partial charge in [0.1, 0.15) is 0 Å². The van der Waals surface area contributed by atoms with Crippen molar-refractivity contribution in [3.63, 3.8) is 0 Å². The highest BCUT2D eigenvalue weighted by atomic mass is 79.9. The highest BCUT2D eigenvalue weighted by Gasteiger charge is 2.08. The van der Waals surface area contributed by atoms with Gasteiger partial charge in [-0.05, 0) is 17.7 Å². The van der Waals surface area contributed by atoms with Crippen molar-refractivity contribution in [2.75, 3.05) is 6.26 Å². The minimum Gasteiger partial charge on any atom is -0.224 e. The van der Waals surface area contributed by atoms with Crippen LogP contribution < -0.4 is 0 Å². The van der Waals surface area contributed by atoms with Gasteiger partial charge < -0.3 is 0 Å². The lowest BCUT2D eigenvalue weighted by molar-refractivity contribution is 0.602. The van der Waals surface area contributed by atoms with E-state index in [9.17, 15) is 8.42 Å². The number of halogens is 1. The summed E-state index contributed by atoms with van der Waals surface area (Å²) in [5.41, 5.74) is 8.55. The van der Waals surface area contributed by atoms with Gasteiger partial charge in [0.15, 0.2) is 9.84 Å². The lowest BCUT2D eigenvalue weighted by atomic mass is 10.3. The first-order valence-electron chi connectivity index (χ1n) is 3.50. The lowest BCUT2D eigenvalue weighted by Crippen LogP contribution is -1.96. The molecular formula is C7H6BrN3O2S. The Morgan fingerprint density at radius 2 is 2.14 bits per heavy atom. The van der Waals surface area contributed by atoms with Crippen molar-refractivity contribution in [3.05, 3.63) is 33.1 Å². The predicted molar refractivity (Wildman–Crippen MR) is 56.1 cm³/mol. The second-order valence-corrected chi connectivity index (χ2v) is 5.44. The van der Waals surface area contributed by atoms with Gasteiger partial charge in [-0.3, -0.25) is 0 Å². The van der Waals surface area contributed by atoms with Crippen LogP contribution >= 0.6 is 15.9 Å². The molecule has 0 aliphatic carbocycles. The molecule has 0 aliphatic rings. The molecule has 0 fully saturated rings. The van der Waals surface area contributed by atoms with Gasteiger partial charge >= 0.3 is 0 Å². The third-order valence-corrected chi connectivity index (χ3v) is 3.25. The molecule has 1 aromatic rings. The largest absolute Gasteiger partial charge is 0.224 e. The molecule has 7 heteroatoms. The van der Waals surface area contributed by atoms with E-state index in [0.717, 1.165) is 6.26 Å². The zero-order valence-electron chi connectivity index (χ0n) is 7.18. The van der Waals surface area contributed by atoms with Gasteiger partial charge in [0.05, 0.1) is 10.6 Å². The molecule has 0 saturated carbocycles. The summed E-state index contributed by atoms with van der Waals surface area (Å²) in [7, 11) is -3.22. The summed E-state index contributed by atoms with van der Waals surface area (Å²) in [6.45, 7) is 0. The summed E-state index contributed by atoms with van der Waals surface area (Å²) in [4.78, 5) is 2.79. The molecular weight excluding hydrogens is 270 g/mol. The maximum Gasteiger partial charge on any atom is 0.175 e. The van der Waals surface area contributed by atoms with Gasteiger partial charge in [0.25, 0.3) is 0 Å². The van der Waals surface area contributed by atoms with Gasteiger partial charge in [-0.2, -0.15) is 0 Å². The van der Waals surface area contributed by atoms with Crippen LogP contribution in [0.15, 0.2) is 32.7 Å². The zero-order chi connectivity index (χ0) is 10.8. The van der Waals surface area contributed by atoms with Crippen molar-refractivity contribution in [2.24, 2.45) is 5.11 Å². The van der Waals surface area contributed by atoms with E-state index in [1.807, 2.05) is 0 Å². The molecule has 0 amide bonds. The average molecular weight is 276 g/mol. The SMILES string of the molecule is CS(=O)(=O)c1ccc(N=[N+]=[N-])c(Br)c1. The van der Waals surface area contributed by atoms with Crippen molar-refractivity contribution < 1.29 is 8.42 Å². The molecule has 0 unspecified atom stereocenters. The number of hydrogen-bond donors (Lipinski definition) is 0. The smallest absolute Gasteiger partial charge is 0.175 e. The van der Waals surface area contributed by atoms with Crippen molar-refractivity contribution >= 4 is 31.5 Å². The van der Waals surface area contributed by atoms with Crippen LogP contribution in [0.3, 0.4) is 0 Å². The fraction of sp³-hybridized carbons (Fsp3) is 0.143. The fourth-order valence-corrected chi connectivity index (χ4v) is 2.10. The Morgan fingerprint density at radius 1 is 1.50 bits per heavy atom. The summed E-state index contributed by atoms with van der Waals surface area (Å²) in [6, 6.07) is 4.24. The van der Waals surface area contributed by atoms with Crippen molar-refractivity contribution in [1.82, 2.24) is 0 Å². The normalized spacial score (nSPS) is 10.7. The second-order valence-electron chi connectivity index (χ2n) is 2.57. The number of sulfone groups is 1. The summed E-state index contributed by atoms with van der Waals surface area (Å²) in [5.74, 6) is 0. The van der Waals surface area contributed by atoms with Crippen LogP contribution in [0.4, 0.5) is 5.69 Å². The van der Waals surface area contributed by atoms with Crippen LogP contribution in [0.2, 0.25) is 0 Å². The highest BCUT2D eigenvalue weighted by molar-refractivity contribution is 9.10. The third kappa shape index (κ3) is 2.47. The maximum atomic E-state index is 11.1. The summed E-state index contributed by atoms with van der Waals surface area (Å²) < 4.78 is 22.7. The van der Waals surface area contributed by atoms with E-state index >= 15 is 0 Å². The first kappa shape index (κ1) is 11.0. The molecule has 0 atom stereocenters. The van der Waals surface area contributed by atoms with Gasteiger partial charge in [-0.25, -0.2) is 8.42 Å². The van der Waals surface area contributed by atoms with Gasteiger partial charge in [-0.15, -0.1) is 0 Å². The van der Waals surface area contributed by atoms with E-state index in [1.165, 1.54) is 18.2 Å². The Bertz CT molecular complexity index is 506. The quantitative estimate of drug-likeness (QED) is 0.472. The van der Waals surface area contributed by atoms with Crippen LogP contribution in [0.5, 0.6) is 0 Å². The predicted octanol–water partition coefficient (Wildman–Crippen LogP) is 2.79. The molecule has 0 heterocycles. The van der Waals surface area contributed by atoms with Crippen molar-refractivity contribution in [1.29, 1.82) is 0 Å². The molecule has 74 valence electrons. The van der Waals surface area contributed by atoms with Gasteiger partial charge in [0, 0.05) is 15.6 Å². The van der Waals surface area contributed by atoms with Gasteiger partial charge in [0.2, 0.25) is 0 Å². The van der Waals surface area contributed by atoms with E-state index in [0.29, 0.717) is 10.2 Å². The second kappa shape index (κ2) is 4.00. The molecule has 0 spiro atoms. The summed E-state index contributed by atoms with van der Waals surface area (Å²) in [5, 5.41) is 3.37. The number of hydrogen-bond acceptors (Lipinski definition) is 3. The Hall–Kier alpha value is -1.04. The monoisotopic (exact) mass is 275 g/mol. The van der Waals surface area contributed by atoms with Crippen LogP contribution in [-0.2, 0) is 9.84 Å². The number of rotatable bonds is 2. The minimum atomic E-state index is -3.22. The summed E-state index contributed by atoms with van der Waals surface area (Å²) >= 11 is 3.11. The molecule has 0 aliphatic heterocycles. The average Bonchev–Trinajstić information content (AvgIpc) is 2.07. The van der Waals surface area contributed by atoms with E-state index in [2.05, 4.69) is 26.0 Å². The molecule has 5 nitrogen and oxygen atoms in total. The number of benzene rings is 1. The Kier molecular flexibility index (Phi) is 3.15. The number of nitrogens with zero attached hydrogens (tertiary/aromatic N) is 3. The standard InChI is InChI=1S/C7H6BrN3O2S/c1-14(12,13)5-2-3-7(10-11-9)6(8)4-5/h2-4H,1H3. The molecule has 0 N–H and O–H groups in total. The lowest BCUT2D eigenvalue weighted by Gasteiger charge is -2.00. The third-order valence-electron chi connectivity index (χ3n) is 1.50. The molecule has 0 aromatic heterocycles. The first-order valence-corrected chi connectivity index (χ1v) is 6.18. The molecule has 0 saturated heterocycles. The highest BCUT2D eigenvalue weighted by Crippen LogP contribution is 2.28. The molecule has 1 rings (SSSR count). The van der Waals surface area contributed by atoms with E-state index in [4.69, 9.17) is 5.53 Å². The van der Waals surface area contributed by atoms with E-state index < -0.39 is 9.84 Å². The number of azide groups is 1.